The van der Waals surface area contributed by atoms with E-state index < -0.39 is 11.5 Å². The highest BCUT2D eigenvalue weighted by Crippen LogP contribution is 2.30. The van der Waals surface area contributed by atoms with E-state index in [1.54, 1.807) is 42.1 Å². The SMILES string of the molecule is O=C(Nc1cccc(-c2cn3c(n2)SCC3)c1)c1cc2cc(Br)ccc2oc1=O. The molecule has 29 heavy (non-hydrogen) atoms. The molecular weight excluding hydrogens is 454 g/mol. The molecule has 0 fully saturated rings. The van der Waals surface area contributed by atoms with E-state index in [2.05, 4.69) is 30.8 Å². The van der Waals surface area contributed by atoms with Gasteiger partial charge in [-0.15, -0.1) is 0 Å². The normalized spacial score (nSPS) is 12.9. The zero-order valence-corrected chi connectivity index (χ0v) is 17.4. The van der Waals surface area contributed by atoms with Gasteiger partial charge in [0.1, 0.15) is 11.1 Å². The van der Waals surface area contributed by atoms with E-state index in [1.165, 1.54) is 0 Å². The van der Waals surface area contributed by atoms with E-state index >= 15 is 0 Å². The minimum absolute atomic E-state index is 0.0432. The van der Waals surface area contributed by atoms with Crippen molar-refractivity contribution in [2.75, 3.05) is 11.1 Å². The lowest BCUT2D eigenvalue weighted by Gasteiger charge is -2.07. The molecule has 0 saturated heterocycles. The van der Waals surface area contributed by atoms with Gasteiger partial charge in [-0.2, -0.15) is 0 Å². The largest absolute Gasteiger partial charge is 0.422 e. The minimum Gasteiger partial charge on any atom is -0.422 e. The standard InChI is InChI=1S/C21H14BrN3O3S/c22-14-4-5-18-13(8-14)10-16(20(27)28-18)19(26)23-15-3-1-2-12(9-15)17-11-25-6-7-29-21(25)24-17/h1-5,8-11H,6-7H2,(H,23,26). The van der Waals surface area contributed by atoms with Crippen molar-refractivity contribution < 1.29 is 9.21 Å². The summed E-state index contributed by atoms with van der Waals surface area (Å²) in [5, 5.41) is 4.47. The molecule has 1 aliphatic rings. The van der Waals surface area contributed by atoms with Crippen molar-refractivity contribution in [2.24, 2.45) is 0 Å². The third kappa shape index (κ3) is 3.49. The van der Waals surface area contributed by atoms with Gasteiger partial charge in [-0.1, -0.05) is 39.8 Å². The smallest absolute Gasteiger partial charge is 0.349 e. The molecule has 0 spiro atoms. The quantitative estimate of drug-likeness (QED) is 0.438. The van der Waals surface area contributed by atoms with Crippen molar-refractivity contribution in [3.8, 4) is 11.3 Å². The first-order valence-corrected chi connectivity index (χ1v) is 10.7. The number of amides is 1. The Balaban J connectivity index is 1.44. The van der Waals surface area contributed by atoms with Gasteiger partial charge >= 0.3 is 5.63 Å². The molecule has 0 bridgehead atoms. The number of carbonyl (C=O) groups excluding carboxylic acids is 1. The summed E-state index contributed by atoms with van der Waals surface area (Å²) in [5.41, 5.74) is 2.07. The van der Waals surface area contributed by atoms with Crippen molar-refractivity contribution in [1.82, 2.24) is 9.55 Å². The Kier molecular flexibility index (Phi) is 4.52. The van der Waals surface area contributed by atoms with Crippen LogP contribution < -0.4 is 10.9 Å². The summed E-state index contributed by atoms with van der Waals surface area (Å²) in [7, 11) is 0. The predicted molar refractivity (Wildman–Crippen MR) is 117 cm³/mol. The van der Waals surface area contributed by atoms with Crippen LogP contribution in [0.5, 0.6) is 0 Å². The molecule has 2 aromatic heterocycles. The van der Waals surface area contributed by atoms with Crippen LogP contribution >= 0.6 is 27.7 Å². The second-order valence-electron chi connectivity index (χ2n) is 6.62. The van der Waals surface area contributed by atoms with Crippen LogP contribution in [0.15, 0.2) is 73.6 Å². The van der Waals surface area contributed by atoms with E-state index in [9.17, 15) is 9.59 Å². The maximum Gasteiger partial charge on any atom is 0.349 e. The highest BCUT2D eigenvalue weighted by molar-refractivity contribution is 9.10. The third-order valence-electron chi connectivity index (χ3n) is 4.66. The van der Waals surface area contributed by atoms with Gasteiger partial charge in [-0.25, -0.2) is 9.78 Å². The molecule has 0 atom stereocenters. The zero-order chi connectivity index (χ0) is 20.0. The van der Waals surface area contributed by atoms with Crippen molar-refractivity contribution in [3.05, 3.63) is 75.2 Å². The fraction of sp³-hybridized carbons (Fsp3) is 0.0952. The van der Waals surface area contributed by atoms with Crippen LogP contribution in [0, 0.1) is 0 Å². The number of anilines is 1. The number of aryl methyl sites for hydroxylation is 1. The van der Waals surface area contributed by atoms with Crippen LogP contribution in [0.4, 0.5) is 5.69 Å². The maximum absolute atomic E-state index is 12.7. The Bertz CT molecular complexity index is 1310. The number of carbonyl (C=O) groups is 1. The molecule has 144 valence electrons. The Morgan fingerprint density at radius 1 is 1.21 bits per heavy atom. The lowest BCUT2D eigenvalue weighted by atomic mass is 10.1. The van der Waals surface area contributed by atoms with Crippen molar-refractivity contribution in [3.63, 3.8) is 0 Å². The highest BCUT2D eigenvalue weighted by Gasteiger charge is 2.17. The Morgan fingerprint density at radius 3 is 2.97 bits per heavy atom. The average Bonchev–Trinajstić information content (AvgIpc) is 3.30. The topological polar surface area (TPSA) is 77.1 Å². The molecule has 8 heteroatoms. The summed E-state index contributed by atoms with van der Waals surface area (Å²) in [5.74, 6) is 0.532. The number of benzene rings is 2. The molecule has 6 nitrogen and oxygen atoms in total. The number of halogens is 1. The summed E-state index contributed by atoms with van der Waals surface area (Å²) >= 11 is 5.12. The lowest BCUT2D eigenvalue weighted by molar-refractivity contribution is 0.102. The molecule has 2 aromatic carbocycles. The molecule has 5 rings (SSSR count). The number of rotatable bonds is 3. The zero-order valence-electron chi connectivity index (χ0n) is 15.0. The highest BCUT2D eigenvalue weighted by atomic mass is 79.9. The average molecular weight is 468 g/mol. The van der Waals surface area contributed by atoms with Gasteiger partial charge in [0.05, 0.1) is 5.69 Å². The molecule has 0 unspecified atom stereocenters. The van der Waals surface area contributed by atoms with Gasteiger partial charge in [0.2, 0.25) is 0 Å². The van der Waals surface area contributed by atoms with Gasteiger partial charge < -0.3 is 14.3 Å². The van der Waals surface area contributed by atoms with Crippen LogP contribution in [-0.4, -0.2) is 21.2 Å². The fourth-order valence-corrected chi connectivity index (χ4v) is 4.58. The number of nitrogens with one attached hydrogen (secondary N) is 1. The Morgan fingerprint density at radius 2 is 2.10 bits per heavy atom. The summed E-state index contributed by atoms with van der Waals surface area (Å²) < 4.78 is 8.25. The summed E-state index contributed by atoms with van der Waals surface area (Å²) in [6.07, 6.45) is 2.02. The molecule has 4 aromatic rings. The van der Waals surface area contributed by atoms with E-state index in [1.807, 2.05) is 24.4 Å². The summed E-state index contributed by atoms with van der Waals surface area (Å²) in [6.45, 7) is 0.956. The number of hydrogen-bond acceptors (Lipinski definition) is 5. The number of aromatic nitrogens is 2. The van der Waals surface area contributed by atoms with Gasteiger partial charge in [-0.05, 0) is 36.4 Å². The molecule has 3 heterocycles. The summed E-state index contributed by atoms with van der Waals surface area (Å²) in [4.78, 5) is 29.6. The van der Waals surface area contributed by atoms with Gasteiger partial charge in [0, 0.05) is 39.6 Å². The number of nitrogens with zero attached hydrogens (tertiary/aromatic N) is 2. The van der Waals surface area contributed by atoms with Crippen LogP contribution in [0.2, 0.25) is 0 Å². The molecule has 0 radical (unpaired) electrons. The monoisotopic (exact) mass is 467 g/mol. The first-order chi connectivity index (χ1) is 14.1. The van der Waals surface area contributed by atoms with Gasteiger partial charge in [0.15, 0.2) is 5.16 Å². The second kappa shape index (κ2) is 7.20. The molecule has 1 N–H and O–H groups in total. The van der Waals surface area contributed by atoms with E-state index in [4.69, 9.17) is 4.42 Å². The van der Waals surface area contributed by atoms with Crippen LogP contribution in [-0.2, 0) is 6.54 Å². The Hall–Kier alpha value is -2.84. The molecule has 1 amide bonds. The van der Waals surface area contributed by atoms with Gasteiger partial charge in [0.25, 0.3) is 5.91 Å². The van der Waals surface area contributed by atoms with Crippen LogP contribution in [0.25, 0.3) is 22.2 Å². The molecule has 0 saturated carbocycles. The van der Waals surface area contributed by atoms with Crippen molar-refractivity contribution in [1.29, 1.82) is 0 Å². The first-order valence-electron chi connectivity index (χ1n) is 8.92. The van der Waals surface area contributed by atoms with Crippen molar-refractivity contribution in [2.45, 2.75) is 11.7 Å². The van der Waals surface area contributed by atoms with E-state index in [0.29, 0.717) is 16.7 Å². The number of imidazole rings is 1. The molecular formula is C21H14BrN3O3S. The van der Waals surface area contributed by atoms with Crippen LogP contribution in [0.3, 0.4) is 0 Å². The fourth-order valence-electron chi connectivity index (χ4n) is 3.26. The second-order valence-corrected chi connectivity index (χ2v) is 8.59. The van der Waals surface area contributed by atoms with Crippen molar-refractivity contribution >= 4 is 50.3 Å². The predicted octanol–water partition coefficient (Wildman–Crippen LogP) is 4.78. The summed E-state index contributed by atoms with van der Waals surface area (Å²) in [6, 6.07) is 14.2. The van der Waals surface area contributed by atoms with E-state index in [-0.39, 0.29) is 5.56 Å². The lowest BCUT2D eigenvalue weighted by Crippen LogP contribution is -2.20. The number of hydrogen-bond donors (Lipinski definition) is 1. The third-order valence-corrected chi connectivity index (χ3v) is 6.12. The molecule has 0 aliphatic carbocycles. The minimum atomic E-state index is -0.670. The number of thioether (sulfide) groups is 1. The maximum atomic E-state index is 12.7. The van der Waals surface area contributed by atoms with E-state index in [0.717, 1.165) is 33.2 Å². The first kappa shape index (κ1) is 18.2. The van der Waals surface area contributed by atoms with Crippen LogP contribution in [0.1, 0.15) is 10.4 Å². The van der Waals surface area contributed by atoms with Gasteiger partial charge in [-0.3, -0.25) is 4.79 Å². The molecule has 1 aliphatic heterocycles. The number of fused-ring (bicyclic) bond motifs is 2. The Labute approximate surface area is 178 Å².